The lowest BCUT2D eigenvalue weighted by Gasteiger charge is -2.19. The summed E-state index contributed by atoms with van der Waals surface area (Å²) < 4.78 is 121. The lowest BCUT2D eigenvalue weighted by atomic mass is 9.92. The number of hydrogen-bond acceptors (Lipinski definition) is 10. The van der Waals surface area contributed by atoms with Crippen LogP contribution in [-0.2, 0) is 0 Å². The number of Topliss-reactive ketones (excluding diaryl/α,β-unsaturated/α-hetero) is 2. The van der Waals surface area contributed by atoms with Crippen LogP contribution in [0.2, 0.25) is 0 Å². The second-order valence-corrected chi connectivity index (χ2v) is 12.3. The predicted molar refractivity (Wildman–Crippen MR) is 184 cm³/mol. The lowest BCUT2D eigenvalue weighted by Crippen LogP contribution is -2.19. The van der Waals surface area contributed by atoms with Gasteiger partial charge in [0, 0.05) is 11.1 Å². The third-order valence-corrected chi connectivity index (χ3v) is 8.89. The van der Waals surface area contributed by atoms with Crippen molar-refractivity contribution < 1.29 is 73.8 Å². The third kappa shape index (κ3) is 10.5. The summed E-state index contributed by atoms with van der Waals surface area (Å²) in [6.45, 7) is -1.22. The van der Waals surface area contributed by atoms with Crippen LogP contribution in [0.5, 0.6) is 46.0 Å². The van der Waals surface area contributed by atoms with Crippen LogP contribution in [0.1, 0.15) is 62.9 Å². The number of benzene rings is 4. The fourth-order valence-electron chi connectivity index (χ4n) is 6.26. The third-order valence-electron chi connectivity index (χ3n) is 8.89. The van der Waals surface area contributed by atoms with E-state index in [1.807, 2.05) is 0 Å². The van der Waals surface area contributed by atoms with Crippen molar-refractivity contribution in [2.24, 2.45) is 0 Å². The van der Waals surface area contributed by atoms with Gasteiger partial charge < -0.3 is 37.9 Å². The van der Waals surface area contributed by atoms with Gasteiger partial charge in [-0.25, -0.2) is 0 Å². The predicted octanol–water partition coefficient (Wildman–Crippen LogP) is 9.09. The molecule has 0 radical (unpaired) electrons. The first kappa shape index (κ1) is 40.4. The zero-order valence-electron chi connectivity index (χ0n) is 30.0. The monoisotopic (exact) mass is 778 g/mol. The van der Waals surface area contributed by atoms with E-state index in [4.69, 9.17) is 28.4 Å². The smallest absolute Gasteiger partial charge is 0.493 e. The molecule has 1 aliphatic rings. The summed E-state index contributed by atoms with van der Waals surface area (Å²) in [5.41, 5.74) is 1.30. The van der Waals surface area contributed by atoms with Gasteiger partial charge in [-0.15, -0.1) is 26.3 Å². The standard InChI is InChI=1S/C39H36F6O10/c1-48-30-11-9-26(18-34(30)50-3)28(46)20-52-32-13-7-24(16-36(32)54-38(40,41)42)22-5-6-23(15-22)25-8-14-33(37(17-25)55-39(43,44)45)53-21-29(47)27-10-12-31(49-2)35(19-27)51-4/h7-14,16-19,22-23H,5-6,15,20-21H2,1-4H3/t22-,23+. The average molecular weight is 779 g/mol. The summed E-state index contributed by atoms with van der Waals surface area (Å²) in [4.78, 5) is 25.7. The molecule has 0 unspecified atom stereocenters. The van der Waals surface area contributed by atoms with Crippen LogP contribution in [0.25, 0.3) is 0 Å². The molecule has 1 saturated carbocycles. The molecule has 4 aromatic carbocycles. The first-order valence-corrected chi connectivity index (χ1v) is 16.7. The Balaban J connectivity index is 1.30. The topological polar surface area (TPSA) is 108 Å². The highest BCUT2D eigenvalue weighted by molar-refractivity contribution is 5.98. The van der Waals surface area contributed by atoms with Gasteiger partial charge in [0.2, 0.25) is 0 Å². The molecule has 2 atom stereocenters. The van der Waals surface area contributed by atoms with Crippen molar-refractivity contribution in [3.8, 4) is 46.0 Å². The van der Waals surface area contributed by atoms with Crippen molar-refractivity contribution in [3.63, 3.8) is 0 Å². The van der Waals surface area contributed by atoms with Gasteiger partial charge in [0.1, 0.15) is 0 Å². The fraction of sp³-hybridized carbons (Fsp3) is 0.333. The average Bonchev–Trinajstić information content (AvgIpc) is 3.65. The zero-order chi connectivity index (χ0) is 39.9. The van der Waals surface area contributed by atoms with Crippen molar-refractivity contribution in [1.82, 2.24) is 0 Å². The number of ketones is 2. The Labute approximate surface area is 311 Å². The highest BCUT2D eigenvalue weighted by Crippen LogP contribution is 2.47. The van der Waals surface area contributed by atoms with Crippen LogP contribution in [0, 0.1) is 0 Å². The maximum absolute atomic E-state index is 13.5. The molecule has 55 heavy (non-hydrogen) atoms. The summed E-state index contributed by atoms with van der Waals surface area (Å²) in [6, 6.07) is 16.8. The first-order chi connectivity index (χ1) is 26.1. The molecule has 0 amide bonds. The second kappa shape index (κ2) is 17.1. The van der Waals surface area contributed by atoms with Crippen molar-refractivity contribution in [1.29, 1.82) is 0 Å². The molecular formula is C39H36F6O10. The van der Waals surface area contributed by atoms with Crippen LogP contribution in [0.15, 0.2) is 72.8 Å². The van der Waals surface area contributed by atoms with Crippen molar-refractivity contribution in [2.75, 3.05) is 41.7 Å². The van der Waals surface area contributed by atoms with Gasteiger partial charge in [-0.05, 0) is 103 Å². The number of alkyl halides is 6. The Morgan fingerprint density at radius 2 is 0.873 bits per heavy atom. The van der Waals surface area contributed by atoms with Crippen LogP contribution in [0.3, 0.4) is 0 Å². The molecule has 294 valence electrons. The number of ether oxygens (including phenoxy) is 8. The molecule has 4 aromatic rings. The first-order valence-electron chi connectivity index (χ1n) is 16.7. The van der Waals surface area contributed by atoms with Crippen molar-refractivity contribution in [2.45, 2.75) is 43.8 Å². The highest BCUT2D eigenvalue weighted by Gasteiger charge is 2.36. The Kier molecular flexibility index (Phi) is 12.6. The zero-order valence-corrected chi connectivity index (χ0v) is 30.0. The molecule has 1 fully saturated rings. The number of hydrogen-bond donors (Lipinski definition) is 0. The van der Waals surface area contributed by atoms with Crippen LogP contribution >= 0.6 is 0 Å². The largest absolute Gasteiger partial charge is 0.573 e. The Morgan fingerprint density at radius 3 is 1.22 bits per heavy atom. The summed E-state index contributed by atoms with van der Waals surface area (Å²) in [5.74, 6) is -2.33. The molecule has 5 rings (SSSR count). The number of halogens is 6. The molecule has 0 aromatic heterocycles. The van der Waals surface area contributed by atoms with Crippen LogP contribution < -0.4 is 37.9 Å². The summed E-state index contributed by atoms with van der Waals surface area (Å²) >= 11 is 0. The molecule has 0 heterocycles. The van der Waals surface area contributed by atoms with Gasteiger partial charge in [-0.1, -0.05) is 12.1 Å². The highest BCUT2D eigenvalue weighted by atomic mass is 19.4. The number of rotatable bonds is 16. The van der Waals surface area contributed by atoms with Gasteiger partial charge in [-0.2, -0.15) is 0 Å². The van der Waals surface area contributed by atoms with Crippen molar-refractivity contribution >= 4 is 11.6 Å². The summed E-state index contributed by atoms with van der Waals surface area (Å²) in [5, 5.41) is 0. The number of carbonyl (C=O) groups excluding carboxylic acids is 2. The van der Waals surface area contributed by atoms with Gasteiger partial charge in [0.05, 0.1) is 28.4 Å². The number of carbonyl (C=O) groups is 2. The van der Waals surface area contributed by atoms with E-state index in [0.29, 0.717) is 41.9 Å². The molecule has 0 N–H and O–H groups in total. The summed E-state index contributed by atoms with van der Waals surface area (Å²) in [7, 11) is 5.62. The van der Waals surface area contributed by atoms with E-state index >= 15 is 0 Å². The lowest BCUT2D eigenvalue weighted by molar-refractivity contribution is -0.276. The molecule has 0 bridgehead atoms. The maximum Gasteiger partial charge on any atom is 0.573 e. The normalized spacial score (nSPS) is 15.5. The quantitative estimate of drug-likeness (QED) is 0.0808. The molecule has 0 saturated heterocycles. The number of methoxy groups -OCH3 is 4. The van der Waals surface area contributed by atoms with E-state index in [-0.39, 0.29) is 46.0 Å². The van der Waals surface area contributed by atoms with E-state index in [2.05, 4.69) is 9.47 Å². The summed E-state index contributed by atoms with van der Waals surface area (Å²) in [6.07, 6.45) is -8.81. The van der Waals surface area contributed by atoms with E-state index in [1.54, 1.807) is 12.1 Å². The van der Waals surface area contributed by atoms with Crippen LogP contribution in [-0.4, -0.2) is 65.9 Å². The second-order valence-electron chi connectivity index (χ2n) is 12.3. The Morgan fingerprint density at radius 1 is 0.509 bits per heavy atom. The Hall–Kier alpha value is -5.80. The molecule has 10 nitrogen and oxygen atoms in total. The molecular weight excluding hydrogens is 742 g/mol. The van der Waals surface area contributed by atoms with E-state index < -0.39 is 49.0 Å². The van der Waals surface area contributed by atoms with Gasteiger partial charge in [0.25, 0.3) is 0 Å². The van der Waals surface area contributed by atoms with E-state index in [1.165, 1.54) is 89.1 Å². The fourth-order valence-corrected chi connectivity index (χ4v) is 6.26. The minimum absolute atomic E-state index is 0.177. The van der Waals surface area contributed by atoms with Crippen LogP contribution in [0.4, 0.5) is 26.3 Å². The van der Waals surface area contributed by atoms with E-state index in [0.717, 1.165) is 0 Å². The minimum Gasteiger partial charge on any atom is -0.493 e. The van der Waals surface area contributed by atoms with E-state index in [9.17, 15) is 35.9 Å². The Bertz CT molecular complexity index is 1850. The molecule has 0 aliphatic heterocycles. The van der Waals surface area contributed by atoms with Gasteiger partial charge in [-0.3, -0.25) is 9.59 Å². The maximum atomic E-state index is 13.5. The van der Waals surface area contributed by atoms with Gasteiger partial charge >= 0.3 is 12.7 Å². The van der Waals surface area contributed by atoms with Gasteiger partial charge in [0.15, 0.2) is 70.8 Å². The minimum atomic E-state index is -5.08. The molecule has 0 spiro atoms. The molecule has 1 aliphatic carbocycles. The molecule has 16 heteroatoms. The SMILES string of the molecule is COc1ccc(C(=O)COc2ccc([C@@H]3CC[C@H](c4ccc(OCC(=O)c5ccc(OC)c(OC)c5)c(OC(F)(F)F)c4)C3)cc2OC(F)(F)F)cc1OC. The van der Waals surface area contributed by atoms with Crippen molar-refractivity contribution in [3.05, 3.63) is 95.1 Å².